The number of ether oxygens (including phenoxy) is 1. The van der Waals surface area contributed by atoms with E-state index in [1.54, 1.807) is 0 Å². The molecule has 0 radical (unpaired) electrons. The first-order chi connectivity index (χ1) is 19.8. The van der Waals surface area contributed by atoms with Crippen molar-refractivity contribution in [3.63, 3.8) is 0 Å². The van der Waals surface area contributed by atoms with Gasteiger partial charge in [0.2, 0.25) is 0 Å². The predicted octanol–water partition coefficient (Wildman–Crippen LogP) is 11.3. The number of thiophene rings is 1. The fraction of sp³-hybridized carbons (Fsp3) is 0. The lowest BCUT2D eigenvalue weighted by molar-refractivity contribution is 0.487. The Balaban J connectivity index is 1.20. The number of para-hydroxylation sites is 1. The van der Waals surface area contributed by atoms with Crippen LogP contribution in [0.3, 0.4) is 0 Å². The molecular formula is C38H24OS. The van der Waals surface area contributed by atoms with Gasteiger partial charge in [-0.2, -0.15) is 0 Å². The standard InChI is InChI=1S/C38H24OS/c1-2-9-25(10-3-1)26-17-19-27(20-18-26)30-12-4-5-14-32(30)37-22-21-36(40-37)29-23-28-11-8-16-35-38(28)33(24-29)31-13-6-7-15-34(31)39-35/h1-24H. The quantitative estimate of drug-likeness (QED) is 0.221. The molecule has 0 atom stereocenters. The Bertz CT molecular complexity index is 2020. The fourth-order valence-corrected chi connectivity index (χ4v) is 6.82. The molecular weight excluding hydrogens is 504 g/mol. The van der Waals surface area contributed by atoms with Crippen LogP contribution in [0.2, 0.25) is 0 Å². The van der Waals surface area contributed by atoms with E-state index in [1.807, 2.05) is 17.4 Å². The molecule has 0 saturated heterocycles. The van der Waals surface area contributed by atoms with E-state index in [9.17, 15) is 0 Å². The molecule has 8 rings (SSSR count). The van der Waals surface area contributed by atoms with Crippen LogP contribution in [-0.4, -0.2) is 0 Å². The van der Waals surface area contributed by atoms with Crippen molar-refractivity contribution in [1.29, 1.82) is 0 Å². The minimum atomic E-state index is 0.915. The summed E-state index contributed by atoms with van der Waals surface area (Å²) in [5.41, 5.74) is 9.82. The van der Waals surface area contributed by atoms with Crippen LogP contribution in [0, 0.1) is 0 Å². The van der Waals surface area contributed by atoms with Crippen molar-refractivity contribution in [3.05, 3.63) is 146 Å². The number of rotatable bonds is 4. The second-order valence-corrected chi connectivity index (χ2v) is 11.2. The van der Waals surface area contributed by atoms with E-state index in [0.717, 1.165) is 17.1 Å². The van der Waals surface area contributed by atoms with Crippen molar-refractivity contribution in [2.45, 2.75) is 0 Å². The van der Waals surface area contributed by atoms with Gasteiger partial charge >= 0.3 is 0 Å². The molecule has 1 nitrogen and oxygen atoms in total. The molecule has 1 aromatic heterocycles. The van der Waals surface area contributed by atoms with Gasteiger partial charge in [0, 0.05) is 20.7 Å². The van der Waals surface area contributed by atoms with Gasteiger partial charge in [-0.25, -0.2) is 0 Å². The zero-order valence-corrected chi connectivity index (χ0v) is 22.5. The van der Waals surface area contributed by atoms with Crippen molar-refractivity contribution in [2.75, 3.05) is 0 Å². The lowest BCUT2D eigenvalue weighted by Crippen LogP contribution is -1.97. The van der Waals surface area contributed by atoms with Crippen LogP contribution in [-0.2, 0) is 0 Å². The van der Waals surface area contributed by atoms with Gasteiger partial charge in [-0.05, 0) is 80.7 Å². The SMILES string of the molecule is c1ccc(-c2ccc(-c3ccccc3-c3ccc(-c4cc5c6c(cccc6c4)Oc4ccccc4-5)s3)cc2)cc1. The minimum absolute atomic E-state index is 0.915. The molecule has 6 aromatic carbocycles. The minimum Gasteiger partial charge on any atom is -0.456 e. The molecule has 0 amide bonds. The maximum absolute atomic E-state index is 6.25. The second kappa shape index (κ2) is 9.37. The molecule has 2 heteroatoms. The lowest BCUT2D eigenvalue weighted by Gasteiger charge is -2.21. The third-order valence-corrected chi connectivity index (χ3v) is 8.89. The highest BCUT2D eigenvalue weighted by Gasteiger charge is 2.21. The average Bonchev–Trinajstić information content (AvgIpc) is 3.52. The highest BCUT2D eigenvalue weighted by Crippen LogP contribution is 2.49. The maximum Gasteiger partial charge on any atom is 0.135 e. The summed E-state index contributed by atoms with van der Waals surface area (Å²) in [6.07, 6.45) is 0. The summed E-state index contributed by atoms with van der Waals surface area (Å²) >= 11 is 1.85. The van der Waals surface area contributed by atoms with Gasteiger partial charge in [-0.1, -0.05) is 109 Å². The summed E-state index contributed by atoms with van der Waals surface area (Å²) in [6, 6.07) is 52.0. The molecule has 7 aromatic rings. The summed E-state index contributed by atoms with van der Waals surface area (Å²) in [5.74, 6) is 1.84. The van der Waals surface area contributed by atoms with Crippen LogP contribution in [0.1, 0.15) is 0 Å². The summed E-state index contributed by atoms with van der Waals surface area (Å²) in [6.45, 7) is 0. The van der Waals surface area contributed by atoms with Crippen LogP contribution in [0.5, 0.6) is 11.5 Å². The van der Waals surface area contributed by atoms with Crippen LogP contribution < -0.4 is 4.74 Å². The Morgan fingerprint density at radius 3 is 1.88 bits per heavy atom. The molecule has 1 aliphatic heterocycles. The van der Waals surface area contributed by atoms with Crippen molar-refractivity contribution in [3.8, 4) is 65.8 Å². The van der Waals surface area contributed by atoms with E-state index < -0.39 is 0 Å². The normalized spacial score (nSPS) is 11.7. The van der Waals surface area contributed by atoms with Crippen molar-refractivity contribution < 1.29 is 4.74 Å². The van der Waals surface area contributed by atoms with Gasteiger partial charge < -0.3 is 4.74 Å². The van der Waals surface area contributed by atoms with E-state index in [4.69, 9.17) is 4.74 Å². The molecule has 0 bridgehead atoms. The molecule has 0 unspecified atom stereocenters. The summed E-state index contributed by atoms with van der Waals surface area (Å²) in [5, 5.41) is 2.39. The zero-order valence-electron chi connectivity index (χ0n) is 21.7. The Kier molecular flexibility index (Phi) is 5.39. The van der Waals surface area contributed by atoms with Crippen LogP contribution in [0.15, 0.2) is 146 Å². The van der Waals surface area contributed by atoms with E-state index in [0.29, 0.717) is 0 Å². The van der Waals surface area contributed by atoms with E-state index in [1.165, 1.54) is 59.5 Å². The van der Waals surface area contributed by atoms with E-state index >= 15 is 0 Å². The first-order valence-corrected chi connectivity index (χ1v) is 14.3. The first-order valence-electron chi connectivity index (χ1n) is 13.5. The third kappa shape index (κ3) is 3.85. The molecule has 188 valence electrons. The van der Waals surface area contributed by atoms with Gasteiger partial charge in [0.15, 0.2) is 0 Å². The fourth-order valence-electron chi connectivity index (χ4n) is 5.79. The van der Waals surface area contributed by atoms with E-state index in [-0.39, 0.29) is 0 Å². The summed E-state index contributed by atoms with van der Waals surface area (Å²) in [7, 11) is 0. The third-order valence-electron chi connectivity index (χ3n) is 7.72. The van der Waals surface area contributed by atoms with Crippen molar-refractivity contribution in [2.24, 2.45) is 0 Å². The smallest absolute Gasteiger partial charge is 0.135 e. The Labute approximate surface area is 237 Å². The molecule has 0 aliphatic carbocycles. The van der Waals surface area contributed by atoms with Crippen molar-refractivity contribution in [1.82, 2.24) is 0 Å². The monoisotopic (exact) mass is 528 g/mol. The average molecular weight is 529 g/mol. The van der Waals surface area contributed by atoms with Gasteiger partial charge in [0.1, 0.15) is 11.5 Å². The number of hydrogen-bond donors (Lipinski definition) is 0. The molecule has 40 heavy (non-hydrogen) atoms. The molecule has 1 aliphatic rings. The number of hydrogen-bond acceptors (Lipinski definition) is 2. The van der Waals surface area contributed by atoms with Crippen LogP contribution in [0.4, 0.5) is 0 Å². The van der Waals surface area contributed by atoms with E-state index in [2.05, 4.69) is 140 Å². The van der Waals surface area contributed by atoms with Gasteiger partial charge in [-0.15, -0.1) is 11.3 Å². The summed E-state index contributed by atoms with van der Waals surface area (Å²) < 4.78 is 6.25. The highest BCUT2D eigenvalue weighted by molar-refractivity contribution is 7.18. The van der Waals surface area contributed by atoms with Gasteiger partial charge in [0.05, 0.1) is 0 Å². The topological polar surface area (TPSA) is 9.23 Å². The molecule has 0 saturated carbocycles. The summed E-state index contributed by atoms with van der Waals surface area (Å²) in [4.78, 5) is 2.53. The molecule has 0 fully saturated rings. The Hall–Kier alpha value is -4.92. The zero-order chi connectivity index (χ0) is 26.5. The number of benzene rings is 6. The van der Waals surface area contributed by atoms with Crippen LogP contribution in [0.25, 0.3) is 65.0 Å². The Morgan fingerprint density at radius 2 is 1.02 bits per heavy atom. The second-order valence-electron chi connectivity index (χ2n) is 10.1. The largest absolute Gasteiger partial charge is 0.456 e. The molecule has 0 N–H and O–H groups in total. The van der Waals surface area contributed by atoms with Crippen LogP contribution >= 0.6 is 11.3 Å². The van der Waals surface area contributed by atoms with Gasteiger partial charge in [-0.3, -0.25) is 0 Å². The number of fused-ring (bicyclic) bond motifs is 2. The maximum atomic E-state index is 6.25. The predicted molar refractivity (Wildman–Crippen MR) is 169 cm³/mol. The first kappa shape index (κ1) is 23.0. The Morgan fingerprint density at radius 1 is 0.375 bits per heavy atom. The van der Waals surface area contributed by atoms with Gasteiger partial charge in [0.25, 0.3) is 0 Å². The lowest BCUT2D eigenvalue weighted by atomic mass is 9.92. The van der Waals surface area contributed by atoms with Crippen molar-refractivity contribution >= 4 is 22.1 Å². The molecule has 0 spiro atoms. The highest BCUT2D eigenvalue weighted by atomic mass is 32.1. The molecule has 2 heterocycles.